The number of urea groups is 1. The van der Waals surface area contributed by atoms with Gasteiger partial charge in [0.05, 0.1) is 11.5 Å². The van der Waals surface area contributed by atoms with E-state index in [1.54, 1.807) is 20.8 Å². The van der Waals surface area contributed by atoms with Crippen LogP contribution in [0, 0.1) is 11.3 Å². The highest BCUT2D eigenvalue weighted by Gasteiger charge is 2.42. The first-order valence-corrected chi connectivity index (χ1v) is 8.92. The van der Waals surface area contributed by atoms with Crippen LogP contribution in [-0.2, 0) is 9.84 Å². The standard InChI is InChI=1S/C13H23F3N2O3S/c1-12(2,3)6-10(13(14,15)16)18-11(19)17-7-9-4-5-22(20,21)8-9/h9-10H,4-8H2,1-3H3,(H2,17,18,19)/t9-,10-/m0/s1. The predicted octanol–water partition coefficient (Wildman–Crippen LogP) is 2.09. The first kappa shape index (κ1) is 19.1. The molecule has 1 fully saturated rings. The predicted molar refractivity (Wildman–Crippen MR) is 77.2 cm³/mol. The van der Waals surface area contributed by atoms with E-state index in [1.807, 2.05) is 5.32 Å². The monoisotopic (exact) mass is 344 g/mol. The maximum atomic E-state index is 12.9. The van der Waals surface area contributed by atoms with E-state index in [1.165, 1.54) is 0 Å². The first-order chi connectivity index (χ1) is 9.78. The molecule has 0 aromatic heterocycles. The smallest absolute Gasteiger partial charge is 0.338 e. The zero-order valence-corrected chi connectivity index (χ0v) is 13.8. The second-order valence-corrected chi connectivity index (χ2v) is 9.21. The molecule has 0 aromatic rings. The lowest BCUT2D eigenvalue weighted by Gasteiger charge is -2.28. The highest BCUT2D eigenvalue weighted by Crippen LogP contribution is 2.30. The largest absolute Gasteiger partial charge is 0.408 e. The number of carbonyl (C=O) groups excluding carboxylic acids is 1. The Kier molecular flexibility index (Phi) is 5.75. The summed E-state index contributed by atoms with van der Waals surface area (Å²) in [6.07, 6.45) is -4.34. The van der Waals surface area contributed by atoms with Crippen LogP contribution in [0.3, 0.4) is 0 Å². The highest BCUT2D eigenvalue weighted by molar-refractivity contribution is 7.91. The number of carbonyl (C=O) groups is 1. The fourth-order valence-corrected chi connectivity index (χ4v) is 4.20. The molecule has 2 atom stereocenters. The average Bonchev–Trinajstić information content (AvgIpc) is 2.62. The Morgan fingerprint density at radius 3 is 2.27 bits per heavy atom. The number of amides is 2. The van der Waals surface area contributed by atoms with Crippen LogP contribution in [0.25, 0.3) is 0 Å². The molecule has 1 aliphatic heterocycles. The molecule has 1 rings (SSSR count). The minimum atomic E-state index is -4.53. The fraction of sp³-hybridized carbons (Fsp3) is 0.923. The molecule has 0 spiro atoms. The van der Waals surface area contributed by atoms with Crippen LogP contribution in [0.4, 0.5) is 18.0 Å². The lowest BCUT2D eigenvalue weighted by atomic mass is 9.88. The van der Waals surface area contributed by atoms with Gasteiger partial charge >= 0.3 is 12.2 Å². The third kappa shape index (κ3) is 6.85. The number of halogens is 3. The zero-order chi connectivity index (χ0) is 17.2. The summed E-state index contributed by atoms with van der Waals surface area (Å²) in [6.45, 7) is 5.04. The van der Waals surface area contributed by atoms with Gasteiger partial charge in [-0.15, -0.1) is 0 Å². The molecule has 9 heteroatoms. The number of alkyl halides is 3. The van der Waals surface area contributed by atoms with E-state index in [0.29, 0.717) is 6.42 Å². The van der Waals surface area contributed by atoms with E-state index in [4.69, 9.17) is 0 Å². The topological polar surface area (TPSA) is 75.3 Å². The molecule has 1 saturated heterocycles. The van der Waals surface area contributed by atoms with Gasteiger partial charge in [-0.25, -0.2) is 13.2 Å². The van der Waals surface area contributed by atoms with Crippen molar-refractivity contribution < 1.29 is 26.4 Å². The Morgan fingerprint density at radius 2 is 1.86 bits per heavy atom. The van der Waals surface area contributed by atoms with Crippen LogP contribution < -0.4 is 10.6 Å². The molecule has 0 radical (unpaired) electrons. The van der Waals surface area contributed by atoms with E-state index in [-0.39, 0.29) is 30.4 Å². The summed E-state index contributed by atoms with van der Waals surface area (Å²) >= 11 is 0. The number of rotatable bonds is 4. The quantitative estimate of drug-likeness (QED) is 0.820. The average molecular weight is 344 g/mol. The number of hydrogen-bond donors (Lipinski definition) is 2. The summed E-state index contributed by atoms with van der Waals surface area (Å²) in [5, 5.41) is 4.27. The van der Waals surface area contributed by atoms with Crippen LogP contribution in [0.5, 0.6) is 0 Å². The summed E-state index contributed by atoms with van der Waals surface area (Å²) in [5.74, 6) is -0.198. The summed E-state index contributed by atoms with van der Waals surface area (Å²) in [5.41, 5.74) is -0.590. The molecule has 0 aromatic carbocycles. The molecule has 0 saturated carbocycles. The van der Waals surface area contributed by atoms with Crippen molar-refractivity contribution in [3.05, 3.63) is 0 Å². The molecule has 5 nitrogen and oxygen atoms in total. The van der Waals surface area contributed by atoms with Gasteiger partial charge in [-0.2, -0.15) is 13.2 Å². The molecule has 0 unspecified atom stereocenters. The summed E-state index contributed by atoms with van der Waals surface area (Å²) in [4.78, 5) is 11.6. The van der Waals surface area contributed by atoms with Gasteiger partial charge in [0.1, 0.15) is 6.04 Å². The fourth-order valence-electron chi connectivity index (χ4n) is 2.34. The number of sulfone groups is 1. The van der Waals surface area contributed by atoms with Crippen LogP contribution in [0.15, 0.2) is 0 Å². The van der Waals surface area contributed by atoms with Crippen molar-refractivity contribution in [3.8, 4) is 0 Å². The minimum absolute atomic E-state index is 0.0298. The Labute approximate surface area is 128 Å². The molecule has 22 heavy (non-hydrogen) atoms. The third-order valence-electron chi connectivity index (χ3n) is 3.39. The summed E-state index contributed by atoms with van der Waals surface area (Å²) in [6, 6.07) is -2.85. The second kappa shape index (κ2) is 6.64. The van der Waals surface area contributed by atoms with Gasteiger partial charge in [0, 0.05) is 6.54 Å². The maximum Gasteiger partial charge on any atom is 0.408 e. The highest BCUT2D eigenvalue weighted by atomic mass is 32.2. The molecule has 0 bridgehead atoms. The molecule has 1 heterocycles. The summed E-state index contributed by atoms with van der Waals surface area (Å²) in [7, 11) is -3.07. The Balaban J connectivity index is 2.50. The third-order valence-corrected chi connectivity index (χ3v) is 5.23. The summed E-state index contributed by atoms with van der Waals surface area (Å²) < 4.78 is 61.3. The van der Waals surface area contributed by atoms with Crippen molar-refractivity contribution in [3.63, 3.8) is 0 Å². The SMILES string of the molecule is CC(C)(C)C[C@H](NC(=O)NC[C@@H]1CCS(=O)(=O)C1)C(F)(F)F. The van der Waals surface area contributed by atoms with E-state index in [9.17, 15) is 26.4 Å². The second-order valence-electron chi connectivity index (χ2n) is 6.98. The molecular weight excluding hydrogens is 321 g/mol. The van der Waals surface area contributed by atoms with Crippen LogP contribution >= 0.6 is 0 Å². The van der Waals surface area contributed by atoms with Crippen molar-refractivity contribution in [1.29, 1.82) is 0 Å². The number of hydrogen-bond acceptors (Lipinski definition) is 3. The molecular formula is C13H23F3N2O3S. The van der Waals surface area contributed by atoms with E-state index in [0.717, 1.165) is 0 Å². The lowest BCUT2D eigenvalue weighted by Crippen LogP contribution is -2.51. The van der Waals surface area contributed by atoms with Gasteiger partial charge in [-0.05, 0) is 24.2 Å². The van der Waals surface area contributed by atoms with Crippen molar-refractivity contribution in [2.45, 2.75) is 45.8 Å². The van der Waals surface area contributed by atoms with Crippen molar-refractivity contribution in [2.75, 3.05) is 18.1 Å². The Hall–Kier alpha value is -0.990. The molecule has 130 valence electrons. The van der Waals surface area contributed by atoms with Gasteiger partial charge in [-0.1, -0.05) is 20.8 Å². The van der Waals surface area contributed by atoms with E-state index in [2.05, 4.69) is 5.32 Å². The minimum Gasteiger partial charge on any atom is -0.338 e. The maximum absolute atomic E-state index is 12.9. The van der Waals surface area contributed by atoms with Crippen molar-refractivity contribution in [1.82, 2.24) is 10.6 Å². The van der Waals surface area contributed by atoms with Crippen LogP contribution in [0.1, 0.15) is 33.6 Å². The van der Waals surface area contributed by atoms with Crippen molar-refractivity contribution >= 4 is 15.9 Å². The van der Waals surface area contributed by atoms with Gasteiger partial charge in [0.15, 0.2) is 9.84 Å². The molecule has 1 aliphatic rings. The molecule has 0 aliphatic carbocycles. The molecule has 2 amide bonds. The van der Waals surface area contributed by atoms with Gasteiger partial charge < -0.3 is 10.6 Å². The van der Waals surface area contributed by atoms with Gasteiger partial charge in [0.25, 0.3) is 0 Å². The van der Waals surface area contributed by atoms with Crippen LogP contribution in [0.2, 0.25) is 0 Å². The van der Waals surface area contributed by atoms with Gasteiger partial charge in [-0.3, -0.25) is 0 Å². The lowest BCUT2D eigenvalue weighted by molar-refractivity contribution is -0.159. The van der Waals surface area contributed by atoms with Crippen LogP contribution in [-0.4, -0.2) is 44.7 Å². The zero-order valence-electron chi connectivity index (χ0n) is 13.0. The molecule has 2 N–H and O–H groups in total. The van der Waals surface area contributed by atoms with E-state index < -0.39 is 33.5 Å². The number of nitrogens with one attached hydrogen (secondary N) is 2. The Morgan fingerprint density at radius 1 is 1.27 bits per heavy atom. The Bertz CT molecular complexity index is 498. The van der Waals surface area contributed by atoms with Gasteiger partial charge in [0.2, 0.25) is 0 Å². The van der Waals surface area contributed by atoms with E-state index >= 15 is 0 Å². The normalized spacial score (nSPS) is 23.1. The first-order valence-electron chi connectivity index (χ1n) is 7.10. The van der Waals surface area contributed by atoms with Crippen molar-refractivity contribution in [2.24, 2.45) is 11.3 Å².